The number of sulfone groups is 1. The summed E-state index contributed by atoms with van der Waals surface area (Å²) in [4.78, 5) is 14.2. The number of carbonyl (C=O) groups excluding carboxylic acids is 1. The molecular weight excluding hydrogens is 367 g/mol. The summed E-state index contributed by atoms with van der Waals surface area (Å²) in [6.45, 7) is 2.72. The van der Waals surface area contributed by atoms with Gasteiger partial charge in [-0.25, -0.2) is 12.8 Å². The second kappa shape index (κ2) is 8.08. The Hall–Kier alpha value is -2.41. The molecule has 1 unspecified atom stereocenters. The van der Waals surface area contributed by atoms with Crippen molar-refractivity contribution in [2.24, 2.45) is 0 Å². The summed E-state index contributed by atoms with van der Waals surface area (Å²) in [5.41, 5.74) is 2.35. The SMILES string of the molecule is CCN(c1ccc(NC(=O)Cc2ccc(F)cc2)cc1)C1CCS(=O)(=O)C1. The third kappa shape index (κ3) is 5.07. The van der Waals surface area contributed by atoms with E-state index in [2.05, 4.69) is 10.2 Å². The number of halogens is 1. The monoisotopic (exact) mass is 390 g/mol. The van der Waals surface area contributed by atoms with Crippen molar-refractivity contribution in [3.8, 4) is 0 Å². The van der Waals surface area contributed by atoms with Crippen LogP contribution in [-0.4, -0.2) is 38.4 Å². The van der Waals surface area contributed by atoms with E-state index in [0.29, 0.717) is 12.1 Å². The van der Waals surface area contributed by atoms with Crippen molar-refractivity contribution in [2.45, 2.75) is 25.8 Å². The summed E-state index contributed by atoms with van der Waals surface area (Å²) >= 11 is 0. The molecule has 0 saturated carbocycles. The van der Waals surface area contributed by atoms with Crippen molar-refractivity contribution in [3.63, 3.8) is 0 Å². The van der Waals surface area contributed by atoms with E-state index in [1.54, 1.807) is 12.1 Å². The number of amides is 1. The Kier molecular flexibility index (Phi) is 5.79. The van der Waals surface area contributed by atoms with Crippen molar-refractivity contribution in [1.82, 2.24) is 0 Å². The highest BCUT2D eigenvalue weighted by atomic mass is 32.2. The van der Waals surface area contributed by atoms with Gasteiger partial charge in [-0.3, -0.25) is 4.79 Å². The van der Waals surface area contributed by atoms with Crippen LogP contribution in [0.3, 0.4) is 0 Å². The van der Waals surface area contributed by atoms with E-state index in [-0.39, 0.29) is 35.7 Å². The summed E-state index contributed by atoms with van der Waals surface area (Å²) in [6, 6.07) is 13.2. The maximum atomic E-state index is 12.9. The number of hydrogen-bond acceptors (Lipinski definition) is 4. The third-order valence-electron chi connectivity index (χ3n) is 4.75. The molecule has 0 spiro atoms. The average Bonchev–Trinajstić information content (AvgIpc) is 2.99. The van der Waals surface area contributed by atoms with E-state index in [1.807, 2.05) is 31.2 Å². The number of hydrogen-bond donors (Lipinski definition) is 1. The van der Waals surface area contributed by atoms with Crippen molar-refractivity contribution in [2.75, 3.05) is 28.3 Å². The molecule has 1 atom stereocenters. The molecule has 144 valence electrons. The van der Waals surface area contributed by atoms with Gasteiger partial charge in [-0.2, -0.15) is 0 Å². The van der Waals surface area contributed by atoms with Crippen LogP contribution in [0.25, 0.3) is 0 Å². The van der Waals surface area contributed by atoms with Gasteiger partial charge in [0.25, 0.3) is 0 Å². The first-order valence-corrected chi connectivity index (χ1v) is 10.8. The van der Waals surface area contributed by atoms with Gasteiger partial charge in [0.2, 0.25) is 5.91 Å². The molecule has 1 aliphatic heterocycles. The Balaban J connectivity index is 1.62. The molecule has 1 saturated heterocycles. The first kappa shape index (κ1) is 19.4. The van der Waals surface area contributed by atoms with E-state index in [9.17, 15) is 17.6 Å². The molecule has 1 N–H and O–H groups in total. The van der Waals surface area contributed by atoms with Crippen LogP contribution >= 0.6 is 0 Å². The first-order valence-electron chi connectivity index (χ1n) is 8.98. The Morgan fingerprint density at radius 1 is 1.15 bits per heavy atom. The molecular formula is C20H23FN2O3S. The molecule has 2 aromatic rings. The molecule has 1 aliphatic rings. The summed E-state index contributed by atoms with van der Waals surface area (Å²) < 4.78 is 36.4. The van der Waals surface area contributed by atoms with Gasteiger partial charge >= 0.3 is 0 Å². The highest BCUT2D eigenvalue weighted by Gasteiger charge is 2.31. The van der Waals surface area contributed by atoms with Crippen LogP contribution in [0.2, 0.25) is 0 Å². The number of carbonyl (C=O) groups is 1. The highest BCUT2D eigenvalue weighted by molar-refractivity contribution is 7.91. The lowest BCUT2D eigenvalue weighted by molar-refractivity contribution is -0.115. The third-order valence-corrected chi connectivity index (χ3v) is 6.50. The molecule has 0 aliphatic carbocycles. The zero-order valence-corrected chi connectivity index (χ0v) is 16.0. The second-order valence-corrected chi connectivity index (χ2v) is 8.97. The Morgan fingerprint density at radius 2 is 1.81 bits per heavy atom. The van der Waals surface area contributed by atoms with E-state index >= 15 is 0 Å². The van der Waals surface area contributed by atoms with Gasteiger partial charge in [0.05, 0.1) is 17.9 Å². The first-order chi connectivity index (χ1) is 12.9. The molecule has 0 radical (unpaired) electrons. The second-order valence-electron chi connectivity index (χ2n) is 6.74. The Morgan fingerprint density at radius 3 is 2.37 bits per heavy atom. The van der Waals surface area contributed by atoms with Crippen LogP contribution in [0, 0.1) is 5.82 Å². The van der Waals surface area contributed by atoms with Crippen molar-refractivity contribution < 1.29 is 17.6 Å². The summed E-state index contributed by atoms with van der Waals surface area (Å²) in [5.74, 6) is -0.0724. The topological polar surface area (TPSA) is 66.5 Å². The molecule has 1 heterocycles. The van der Waals surface area contributed by atoms with E-state index in [1.165, 1.54) is 12.1 Å². The summed E-state index contributed by atoms with van der Waals surface area (Å²) in [6.07, 6.45) is 0.815. The van der Waals surface area contributed by atoms with Gasteiger partial charge < -0.3 is 10.2 Å². The van der Waals surface area contributed by atoms with Gasteiger partial charge in [0, 0.05) is 24.0 Å². The summed E-state index contributed by atoms with van der Waals surface area (Å²) in [7, 11) is -2.94. The van der Waals surface area contributed by atoms with Crippen LogP contribution < -0.4 is 10.2 Å². The maximum Gasteiger partial charge on any atom is 0.228 e. The minimum atomic E-state index is -2.94. The van der Waals surface area contributed by atoms with Gasteiger partial charge in [0.1, 0.15) is 5.82 Å². The molecule has 3 rings (SSSR count). The van der Waals surface area contributed by atoms with Gasteiger partial charge in [0.15, 0.2) is 9.84 Å². The molecule has 7 heteroatoms. The zero-order valence-electron chi connectivity index (χ0n) is 15.2. The lowest BCUT2D eigenvalue weighted by atomic mass is 10.1. The minimum Gasteiger partial charge on any atom is -0.368 e. The van der Waals surface area contributed by atoms with Crippen molar-refractivity contribution in [1.29, 1.82) is 0 Å². The molecule has 0 aromatic heterocycles. The molecule has 1 amide bonds. The Labute approximate surface area is 159 Å². The van der Waals surface area contributed by atoms with Crippen LogP contribution in [0.1, 0.15) is 18.9 Å². The fourth-order valence-corrected chi connectivity index (χ4v) is 5.13. The molecule has 5 nitrogen and oxygen atoms in total. The Bertz CT molecular complexity index is 896. The lowest BCUT2D eigenvalue weighted by Crippen LogP contribution is -2.36. The normalized spacial score (nSPS) is 18.2. The van der Waals surface area contributed by atoms with Gasteiger partial charge in [-0.15, -0.1) is 0 Å². The van der Waals surface area contributed by atoms with Gasteiger partial charge in [-0.1, -0.05) is 12.1 Å². The minimum absolute atomic E-state index is 0.00100. The lowest BCUT2D eigenvalue weighted by Gasteiger charge is -2.29. The quantitative estimate of drug-likeness (QED) is 0.823. The van der Waals surface area contributed by atoms with Crippen molar-refractivity contribution in [3.05, 3.63) is 59.9 Å². The van der Waals surface area contributed by atoms with Gasteiger partial charge in [-0.05, 0) is 55.3 Å². The van der Waals surface area contributed by atoms with Crippen LogP contribution in [0.4, 0.5) is 15.8 Å². The highest BCUT2D eigenvalue weighted by Crippen LogP contribution is 2.25. The fourth-order valence-electron chi connectivity index (χ4n) is 3.40. The molecule has 0 bridgehead atoms. The smallest absolute Gasteiger partial charge is 0.228 e. The number of rotatable bonds is 6. The number of nitrogens with zero attached hydrogens (tertiary/aromatic N) is 1. The fraction of sp³-hybridized carbons (Fsp3) is 0.350. The van der Waals surface area contributed by atoms with Crippen LogP contribution in [0.15, 0.2) is 48.5 Å². The predicted molar refractivity (Wildman–Crippen MR) is 105 cm³/mol. The average molecular weight is 390 g/mol. The van der Waals surface area contributed by atoms with Crippen LogP contribution in [-0.2, 0) is 21.1 Å². The number of benzene rings is 2. The van der Waals surface area contributed by atoms with E-state index < -0.39 is 9.84 Å². The van der Waals surface area contributed by atoms with Crippen LogP contribution in [0.5, 0.6) is 0 Å². The van der Waals surface area contributed by atoms with E-state index in [0.717, 1.165) is 17.8 Å². The largest absolute Gasteiger partial charge is 0.368 e. The predicted octanol–water partition coefficient (Wildman–Crippen LogP) is 3.02. The molecule has 2 aromatic carbocycles. The molecule has 1 fully saturated rings. The standard InChI is InChI=1S/C20H23FN2O3S/c1-2-23(19-11-12-27(25,26)14-19)18-9-7-17(8-10-18)22-20(24)13-15-3-5-16(21)6-4-15/h3-10,19H,2,11-14H2,1H3,(H,22,24). The summed E-state index contributed by atoms with van der Waals surface area (Å²) in [5, 5.41) is 2.82. The van der Waals surface area contributed by atoms with Crippen molar-refractivity contribution >= 4 is 27.1 Å². The maximum absolute atomic E-state index is 12.9. The number of anilines is 2. The zero-order chi connectivity index (χ0) is 19.4. The van der Waals surface area contributed by atoms with E-state index in [4.69, 9.17) is 0 Å². The number of nitrogens with one attached hydrogen (secondary N) is 1. The molecule has 27 heavy (non-hydrogen) atoms.